The molecule has 7 heteroatoms. The van der Waals surface area contributed by atoms with Crippen LogP contribution in [0.25, 0.3) is 6.08 Å². The largest absolute Gasteiger partial charge is 0.496 e. The first-order chi connectivity index (χ1) is 11.5. The van der Waals surface area contributed by atoms with Crippen molar-refractivity contribution in [2.75, 3.05) is 7.11 Å². The summed E-state index contributed by atoms with van der Waals surface area (Å²) < 4.78 is 10.9. The van der Waals surface area contributed by atoms with Gasteiger partial charge in [-0.15, -0.1) is 0 Å². The summed E-state index contributed by atoms with van der Waals surface area (Å²) in [7, 11) is 1.55. The van der Waals surface area contributed by atoms with Crippen LogP contribution in [0.5, 0.6) is 11.5 Å². The highest BCUT2D eigenvalue weighted by molar-refractivity contribution is 5.90. The monoisotopic (exact) mass is 328 g/mol. The standard InChI is InChI=1S/C17H16N2O5/c1-23-16-8-2-12(3-9-17(18)20)10-13(16)11-24-15-6-4-14(5-7-15)19(21)22/h2-10H,11H2,1H3,(H2,18,20)/b9-3-. The van der Waals surface area contributed by atoms with E-state index < -0.39 is 10.8 Å². The molecule has 0 aliphatic heterocycles. The van der Waals surface area contributed by atoms with Gasteiger partial charge in [0.15, 0.2) is 0 Å². The summed E-state index contributed by atoms with van der Waals surface area (Å²) in [6, 6.07) is 11.2. The first kappa shape index (κ1) is 17.0. The van der Waals surface area contributed by atoms with Crippen LogP contribution in [0, 0.1) is 10.1 Å². The number of nitrogens with two attached hydrogens (primary N) is 1. The predicted octanol–water partition coefficient (Wildman–Crippen LogP) is 2.68. The number of nitro benzene ring substituents is 1. The van der Waals surface area contributed by atoms with Gasteiger partial charge in [0.1, 0.15) is 18.1 Å². The summed E-state index contributed by atoms with van der Waals surface area (Å²) in [5.74, 6) is 0.600. The molecule has 2 aromatic carbocycles. The Morgan fingerprint density at radius 3 is 2.54 bits per heavy atom. The van der Waals surface area contributed by atoms with Gasteiger partial charge >= 0.3 is 0 Å². The molecule has 0 atom stereocenters. The highest BCUT2D eigenvalue weighted by Crippen LogP contribution is 2.24. The smallest absolute Gasteiger partial charge is 0.269 e. The van der Waals surface area contributed by atoms with Gasteiger partial charge in [-0.05, 0) is 35.9 Å². The maximum Gasteiger partial charge on any atom is 0.269 e. The second kappa shape index (κ2) is 7.77. The molecule has 0 saturated carbocycles. The highest BCUT2D eigenvalue weighted by atomic mass is 16.6. The molecule has 0 fully saturated rings. The molecule has 1 amide bonds. The summed E-state index contributed by atoms with van der Waals surface area (Å²) in [4.78, 5) is 21.0. The number of nitro groups is 1. The third-order valence-corrected chi connectivity index (χ3v) is 3.19. The van der Waals surface area contributed by atoms with Gasteiger partial charge in [-0.3, -0.25) is 14.9 Å². The van der Waals surface area contributed by atoms with Crippen LogP contribution in [0.2, 0.25) is 0 Å². The Kier molecular flexibility index (Phi) is 5.51. The summed E-state index contributed by atoms with van der Waals surface area (Å²) in [6.45, 7) is 0.208. The summed E-state index contributed by atoms with van der Waals surface area (Å²) in [5, 5.41) is 10.6. The Labute approximate surface area is 138 Å². The Morgan fingerprint density at radius 2 is 1.96 bits per heavy atom. The minimum Gasteiger partial charge on any atom is -0.496 e. The Bertz CT molecular complexity index is 769. The minimum absolute atomic E-state index is 0.00137. The molecule has 0 saturated heterocycles. The van der Waals surface area contributed by atoms with Gasteiger partial charge < -0.3 is 15.2 Å². The number of carbonyl (C=O) groups is 1. The van der Waals surface area contributed by atoms with E-state index >= 15 is 0 Å². The average molecular weight is 328 g/mol. The van der Waals surface area contributed by atoms with E-state index in [-0.39, 0.29) is 12.3 Å². The predicted molar refractivity (Wildman–Crippen MR) is 88.7 cm³/mol. The lowest BCUT2D eigenvalue weighted by Gasteiger charge is -2.11. The Morgan fingerprint density at radius 1 is 1.25 bits per heavy atom. The zero-order chi connectivity index (χ0) is 17.5. The SMILES string of the molecule is COc1ccc(/C=C\C(N)=O)cc1COc1ccc([N+](=O)[O-])cc1. The van der Waals surface area contributed by atoms with Gasteiger partial charge in [-0.2, -0.15) is 0 Å². The Hall–Kier alpha value is -3.35. The fraction of sp³-hybridized carbons (Fsp3) is 0.118. The first-order valence-electron chi connectivity index (χ1n) is 7.01. The molecular formula is C17H16N2O5. The minimum atomic E-state index is -0.533. The van der Waals surface area contributed by atoms with Crippen LogP contribution < -0.4 is 15.2 Å². The number of methoxy groups -OCH3 is 1. The zero-order valence-electron chi connectivity index (χ0n) is 13.0. The van der Waals surface area contributed by atoms with Gasteiger partial charge in [-0.1, -0.05) is 6.07 Å². The molecule has 0 aliphatic rings. The summed E-state index contributed by atoms with van der Waals surface area (Å²) in [5.41, 5.74) is 6.62. The molecule has 24 heavy (non-hydrogen) atoms. The topological polar surface area (TPSA) is 105 Å². The molecule has 2 aromatic rings. The van der Waals surface area contributed by atoms with E-state index in [4.69, 9.17) is 15.2 Å². The number of hydrogen-bond acceptors (Lipinski definition) is 5. The van der Waals surface area contributed by atoms with E-state index in [1.54, 1.807) is 25.3 Å². The lowest BCUT2D eigenvalue weighted by molar-refractivity contribution is -0.384. The number of rotatable bonds is 7. The molecule has 0 aromatic heterocycles. The molecule has 0 spiro atoms. The third-order valence-electron chi connectivity index (χ3n) is 3.19. The zero-order valence-corrected chi connectivity index (χ0v) is 13.0. The normalized spacial score (nSPS) is 10.5. The fourth-order valence-electron chi connectivity index (χ4n) is 2.02. The number of carbonyl (C=O) groups excluding carboxylic acids is 1. The van der Waals surface area contributed by atoms with Gasteiger partial charge in [0.05, 0.1) is 12.0 Å². The van der Waals surface area contributed by atoms with Crippen molar-refractivity contribution < 1.29 is 19.2 Å². The van der Waals surface area contributed by atoms with Crippen molar-refractivity contribution in [2.24, 2.45) is 5.73 Å². The average Bonchev–Trinajstić information content (AvgIpc) is 2.58. The number of hydrogen-bond donors (Lipinski definition) is 1. The number of primary amides is 1. The number of nitrogens with zero attached hydrogens (tertiary/aromatic N) is 1. The molecule has 2 N–H and O–H groups in total. The molecule has 2 rings (SSSR count). The second-order valence-corrected chi connectivity index (χ2v) is 4.85. The summed E-state index contributed by atoms with van der Waals surface area (Å²) >= 11 is 0. The number of ether oxygens (including phenoxy) is 2. The van der Waals surface area contributed by atoms with Crippen LogP contribution in [-0.2, 0) is 11.4 Å². The highest BCUT2D eigenvalue weighted by Gasteiger charge is 2.07. The molecule has 124 valence electrons. The van der Waals surface area contributed by atoms with Crippen molar-refractivity contribution in [3.05, 3.63) is 69.8 Å². The molecule has 0 heterocycles. The second-order valence-electron chi connectivity index (χ2n) is 4.85. The quantitative estimate of drug-likeness (QED) is 0.478. The lowest BCUT2D eigenvalue weighted by Crippen LogP contribution is -2.05. The van der Waals surface area contributed by atoms with Crippen LogP contribution in [0.4, 0.5) is 5.69 Å². The van der Waals surface area contributed by atoms with E-state index in [1.165, 1.54) is 30.3 Å². The van der Waals surface area contributed by atoms with E-state index in [9.17, 15) is 14.9 Å². The summed E-state index contributed by atoms with van der Waals surface area (Å²) in [6.07, 6.45) is 2.86. The van der Waals surface area contributed by atoms with Crippen molar-refractivity contribution in [3.8, 4) is 11.5 Å². The van der Waals surface area contributed by atoms with Crippen molar-refractivity contribution in [2.45, 2.75) is 6.61 Å². The Balaban J connectivity index is 2.13. The van der Waals surface area contributed by atoms with E-state index in [2.05, 4.69) is 0 Å². The molecule has 7 nitrogen and oxygen atoms in total. The van der Waals surface area contributed by atoms with E-state index in [1.807, 2.05) is 6.07 Å². The van der Waals surface area contributed by atoms with Gasteiger partial charge in [0.2, 0.25) is 5.91 Å². The van der Waals surface area contributed by atoms with Crippen LogP contribution >= 0.6 is 0 Å². The fourth-order valence-corrected chi connectivity index (χ4v) is 2.02. The number of benzene rings is 2. The molecule has 0 aliphatic carbocycles. The molecule has 0 radical (unpaired) electrons. The van der Waals surface area contributed by atoms with Crippen molar-refractivity contribution in [3.63, 3.8) is 0 Å². The van der Waals surface area contributed by atoms with Crippen molar-refractivity contribution >= 4 is 17.7 Å². The van der Waals surface area contributed by atoms with Crippen LogP contribution in [-0.4, -0.2) is 17.9 Å². The van der Waals surface area contributed by atoms with Crippen molar-refractivity contribution in [1.82, 2.24) is 0 Å². The molecule has 0 bridgehead atoms. The number of non-ortho nitro benzene ring substituents is 1. The number of amides is 1. The first-order valence-corrected chi connectivity index (χ1v) is 7.01. The third kappa shape index (κ3) is 4.57. The van der Waals surface area contributed by atoms with Crippen molar-refractivity contribution in [1.29, 1.82) is 0 Å². The molecular weight excluding hydrogens is 312 g/mol. The van der Waals surface area contributed by atoms with E-state index in [0.29, 0.717) is 11.5 Å². The molecule has 0 unspecified atom stereocenters. The van der Waals surface area contributed by atoms with Crippen LogP contribution in [0.1, 0.15) is 11.1 Å². The van der Waals surface area contributed by atoms with E-state index in [0.717, 1.165) is 11.1 Å². The van der Waals surface area contributed by atoms with Gasteiger partial charge in [0, 0.05) is 23.8 Å². The van der Waals surface area contributed by atoms with Crippen LogP contribution in [0.15, 0.2) is 48.5 Å². The maximum atomic E-state index is 10.8. The van der Waals surface area contributed by atoms with Gasteiger partial charge in [0.25, 0.3) is 5.69 Å². The maximum absolute atomic E-state index is 10.8. The van der Waals surface area contributed by atoms with Gasteiger partial charge in [-0.25, -0.2) is 0 Å². The lowest BCUT2D eigenvalue weighted by atomic mass is 10.1. The van der Waals surface area contributed by atoms with Crippen LogP contribution in [0.3, 0.4) is 0 Å².